The number of nitrogen functional groups attached to an aromatic ring is 1. The second-order valence-electron chi connectivity index (χ2n) is 9.71. The van der Waals surface area contributed by atoms with Gasteiger partial charge in [0.05, 0.1) is 6.61 Å². The third-order valence-corrected chi connectivity index (χ3v) is 7.22. The Morgan fingerprint density at radius 1 is 1.12 bits per heavy atom. The van der Waals surface area contributed by atoms with Crippen LogP contribution in [0.1, 0.15) is 44.2 Å². The van der Waals surface area contributed by atoms with Gasteiger partial charge in [-0.3, -0.25) is 0 Å². The number of likely N-dealkylation sites (tertiary alicyclic amines) is 1. The molecule has 1 saturated heterocycles. The van der Waals surface area contributed by atoms with E-state index in [9.17, 15) is 4.79 Å². The number of anilines is 1. The molecule has 1 spiro atoms. The number of pyridine rings is 1. The van der Waals surface area contributed by atoms with Gasteiger partial charge in [-0.2, -0.15) is 0 Å². The number of carbonyl (C=O) groups excluding carboxylic acids is 1. The molecule has 2 heterocycles. The summed E-state index contributed by atoms with van der Waals surface area (Å²) in [6.07, 6.45) is 5.89. The van der Waals surface area contributed by atoms with Crippen molar-refractivity contribution in [1.29, 1.82) is 0 Å². The van der Waals surface area contributed by atoms with Crippen molar-refractivity contribution in [2.24, 2.45) is 5.92 Å². The lowest BCUT2D eigenvalue weighted by atomic mass is 9.73. The topological polar surface area (TPSA) is 68.5 Å². The number of nitrogens with two attached hydrogens (primary N) is 1. The SMILES string of the molecule is CC(C)COC(=O)N1CCC2(CCc3cc(-c4cccc5c(N)nccc45)ccc32)CC1. The fraction of sp³-hybridized carbons (Fsp3) is 0.407. The molecule has 0 atom stereocenters. The number of benzene rings is 2. The van der Waals surface area contributed by atoms with E-state index in [1.54, 1.807) is 6.20 Å². The van der Waals surface area contributed by atoms with E-state index >= 15 is 0 Å². The fourth-order valence-corrected chi connectivity index (χ4v) is 5.44. The van der Waals surface area contributed by atoms with E-state index in [0.717, 1.165) is 49.5 Å². The van der Waals surface area contributed by atoms with Gasteiger partial charge in [0.1, 0.15) is 5.82 Å². The molecule has 2 aliphatic rings. The molecule has 0 unspecified atom stereocenters. The molecular weight excluding hydrogens is 398 g/mol. The predicted octanol–water partition coefficient (Wildman–Crippen LogP) is 5.56. The number of hydrogen-bond acceptors (Lipinski definition) is 4. The van der Waals surface area contributed by atoms with Gasteiger partial charge in [0.25, 0.3) is 0 Å². The van der Waals surface area contributed by atoms with Crippen LogP contribution in [0.15, 0.2) is 48.7 Å². The second kappa shape index (κ2) is 8.12. The first-order valence-corrected chi connectivity index (χ1v) is 11.7. The number of piperidine rings is 1. The van der Waals surface area contributed by atoms with Crippen LogP contribution in [0.2, 0.25) is 0 Å². The molecule has 1 fully saturated rings. The largest absolute Gasteiger partial charge is 0.449 e. The summed E-state index contributed by atoms with van der Waals surface area (Å²) in [4.78, 5) is 18.5. The zero-order chi connectivity index (χ0) is 22.3. The third kappa shape index (κ3) is 3.60. The molecule has 2 N–H and O–H groups in total. The van der Waals surface area contributed by atoms with Crippen molar-refractivity contribution < 1.29 is 9.53 Å². The average Bonchev–Trinajstić information content (AvgIpc) is 3.15. The predicted molar refractivity (Wildman–Crippen MR) is 129 cm³/mol. The molecule has 1 aliphatic heterocycles. The molecule has 32 heavy (non-hydrogen) atoms. The highest BCUT2D eigenvalue weighted by molar-refractivity contribution is 6.01. The van der Waals surface area contributed by atoms with E-state index in [1.165, 1.54) is 22.3 Å². The maximum Gasteiger partial charge on any atom is 0.409 e. The molecule has 0 bridgehead atoms. The van der Waals surface area contributed by atoms with E-state index in [-0.39, 0.29) is 11.5 Å². The summed E-state index contributed by atoms with van der Waals surface area (Å²) < 4.78 is 5.45. The maximum absolute atomic E-state index is 12.4. The van der Waals surface area contributed by atoms with E-state index in [0.29, 0.717) is 18.3 Å². The number of hydrogen-bond donors (Lipinski definition) is 1. The van der Waals surface area contributed by atoms with Gasteiger partial charge in [0, 0.05) is 24.7 Å². The van der Waals surface area contributed by atoms with Crippen LogP contribution in [0.5, 0.6) is 0 Å². The Balaban J connectivity index is 1.38. The highest BCUT2D eigenvalue weighted by Gasteiger charge is 2.42. The molecule has 1 aromatic heterocycles. The first-order valence-electron chi connectivity index (χ1n) is 11.7. The molecule has 5 heteroatoms. The van der Waals surface area contributed by atoms with Crippen LogP contribution < -0.4 is 5.73 Å². The highest BCUT2D eigenvalue weighted by Crippen LogP contribution is 2.47. The van der Waals surface area contributed by atoms with Crippen molar-refractivity contribution >= 4 is 22.7 Å². The van der Waals surface area contributed by atoms with E-state index in [4.69, 9.17) is 10.5 Å². The van der Waals surface area contributed by atoms with Crippen LogP contribution in [0.3, 0.4) is 0 Å². The normalized spacial score (nSPS) is 17.2. The Labute approximate surface area is 189 Å². The van der Waals surface area contributed by atoms with Gasteiger partial charge >= 0.3 is 6.09 Å². The number of ether oxygens (including phenoxy) is 1. The Morgan fingerprint density at radius 3 is 2.72 bits per heavy atom. The molecule has 1 amide bonds. The van der Waals surface area contributed by atoms with E-state index < -0.39 is 0 Å². The van der Waals surface area contributed by atoms with Crippen LogP contribution in [0, 0.1) is 5.92 Å². The minimum atomic E-state index is -0.160. The summed E-state index contributed by atoms with van der Waals surface area (Å²) in [5, 5.41) is 2.14. The number of amides is 1. The van der Waals surface area contributed by atoms with Crippen LogP contribution in [0.4, 0.5) is 10.6 Å². The van der Waals surface area contributed by atoms with Crippen LogP contribution >= 0.6 is 0 Å². The summed E-state index contributed by atoms with van der Waals surface area (Å²) in [6, 6.07) is 15.2. The Kier molecular flexibility index (Phi) is 5.28. The monoisotopic (exact) mass is 429 g/mol. The molecule has 1 aliphatic carbocycles. The Bertz CT molecular complexity index is 1160. The second-order valence-corrected chi connectivity index (χ2v) is 9.71. The number of aromatic nitrogens is 1. The zero-order valence-electron chi connectivity index (χ0n) is 18.9. The van der Waals surface area contributed by atoms with Gasteiger partial charge in [-0.05, 0) is 70.7 Å². The minimum absolute atomic E-state index is 0.160. The van der Waals surface area contributed by atoms with Crippen LogP contribution in [-0.2, 0) is 16.6 Å². The Hall–Kier alpha value is -3.08. The third-order valence-electron chi connectivity index (χ3n) is 7.22. The fourth-order valence-electron chi connectivity index (χ4n) is 5.44. The van der Waals surface area contributed by atoms with Gasteiger partial charge < -0.3 is 15.4 Å². The van der Waals surface area contributed by atoms with Crippen LogP contribution in [-0.4, -0.2) is 35.7 Å². The van der Waals surface area contributed by atoms with Crippen molar-refractivity contribution in [3.8, 4) is 11.1 Å². The first kappa shape index (κ1) is 20.8. The number of aryl methyl sites for hydroxylation is 1. The number of carbonyl (C=O) groups is 1. The standard InChI is InChI=1S/C27H31N3O2/c1-18(2)17-32-26(31)30-14-11-27(12-15-30)10-8-20-16-19(6-7-24(20)27)21-4-3-5-23-22(21)9-13-29-25(23)28/h3-7,9,13,16,18H,8,10-12,14-15,17H2,1-2H3,(H2,28,29). The lowest BCUT2D eigenvalue weighted by molar-refractivity contribution is 0.0743. The van der Waals surface area contributed by atoms with Gasteiger partial charge in [0.15, 0.2) is 0 Å². The van der Waals surface area contributed by atoms with Crippen molar-refractivity contribution in [2.75, 3.05) is 25.4 Å². The molecule has 2 aromatic carbocycles. The average molecular weight is 430 g/mol. The maximum atomic E-state index is 12.4. The van der Waals surface area contributed by atoms with E-state index in [1.807, 2.05) is 17.0 Å². The molecule has 3 aromatic rings. The summed E-state index contributed by atoms with van der Waals surface area (Å²) in [7, 11) is 0. The van der Waals surface area contributed by atoms with Crippen molar-refractivity contribution in [3.05, 3.63) is 59.8 Å². The number of rotatable bonds is 3. The number of fused-ring (bicyclic) bond motifs is 3. The van der Waals surface area contributed by atoms with Gasteiger partial charge in [-0.15, -0.1) is 0 Å². The lowest BCUT2D eigenvalue weighted by Gasteiger charge is -2.39. The highest BCUT2D eigenvalue weighted by atomic mass is 16.6. The quantitative estimate of drug-likeness (QED) is 0.592. The van der Waals surface area contributed by atoms with Gasteiger partial charge in [-0.1, -0.05) is 50.2 Å². The van der Waals surface area contributed by atoms with Crippen molar-refractivity contribution in [2.45, 2.75) is 44.9 Å². The first-order chi connectivity index (χ1) is 15.5. The summed E-state index contributed by atoms with van der Waals surface area (Å²) >= 11 is 0. The molecule has 0 radical (unpaired) electrons. The van der Waals surface area contributed by atoms with Gasteiger partial charge in [-0.25, -0.2) is 9.78 Å². The smallest absolute Gasteiger partial charge is 0.409 e. The summed E-state index contributed by atoms with van der Waals surface area (Å²) in [6.45, 7) is 6.15. The lowest BCUT2D eigenvalue weighted by Crippen LogP contribution is -2.44. The number of nitrogens with zero attached hydrogens (tertiary/aromatic N) is 2. The van der Waals surface area contributed by atoms with Crippen LogP contribution in [0.25, 0.3) is 21.9 Å². The van der Waals surface area contributed by atoms with Gasteiger partial charge in [0.2, 0.25) is 0 Å². The van der Waals surface area contributed by atoms with Crippen molar-refractivity contribution in [3.63, 3.8) is 0 Å². The molecule has 5 nitrogen and oxygen atoms in total. The molecule has 5 rings (SSSR count). The molecular formula is C27H31N3O2. The van der Waals surface area contributed by atoms with E-state index in [2.05, 4.69) is 49.2 Å². The summed E-state index contributed by atoms with van der Waals surface area (Å²) in [5.74, 6) is 0.934. The zero-order valence-corrected chi connectivity index (χ0v) is 18.9. The minimum Gasteiger partial charge on any atom is -0.449 e. The van der Waals surface area contributed by atoms with Crippen molar-refractivity contribution in [1.82, 2.24) is 9.88 Å². The Morgan fingerprint density at radius 2 is 1.94 bits per heavy atom. The molecule has 0 saturated carbocycles. The summed E-state index contributed by atoms with van der Waals surface area (Å²) in [5.41, 5.74) is 11.6. The molecule has 166 valence electrons.